The van der Waals surface area contributed by atoms with Crippen LogP contribution in [0, 0.1) is 18.6 Å². The second-order valence-electron chi connectivity index (χ2n) is 8.37. The summed E-state index contributed by atoms with van der Waals surface area (Å²) in [4.78, 5) is 16.8. The molecule has 0 radical (unpaired) electrons. The van der Waals surface area contributed by atoms with Crippen LogP contribution in [0.1, 0.15) is 52.5 Å². The Hall–Kier alpha value is -3.67. The van der Waals surface area contributed by atoms with Crippen molar-refractivity contribution in [2.75, 3.05) is 11.9 Å². The summed E-state index contributed by atoms with van der Waals surface area (Å²) in [6.07, 6.45) is -0.136. The molecule has 1 atom stereocenters. The Morgan fingerprint density at radius 1 is 1.22 bits per heavy atom. The monoisotopic (exact) mass is 528 g/mol. The quantitative estimate of drug-likeness (QED) is 0.222. The zero-order valence-electron chi connectivity index (χ0n) is 20.3. The fourth-order valence-electron chi connectivity index (χ4n) is 3.69. The predicted octanol–water partition coefficient (Wildman–Crippen LogP) is 5.43. The van der Waals surface area contributed by atoms with Gasteiger partial charge in [-0.25, -0.2) is 13.8 Å². The molecule has 0 aliphatic rings. The highest BCUT2D eigenvalue weighted by Crippen LogP contribution is 2.40. The van der Waals surface area contributed by atoms with E-state index in [1.54, 1.807) is 32.0 Å². The Labute approximate surface area is 216 Å². The lowest BCUT2D eigenvalue weighted by Crippen LogP contribution is -2.11. The molecule has 4 N–H and O–H groups in total. The molecule has 8 nitrogen and oxygen atoms in total. The standard InChI is InChI=1S/C26H26F2N4O4S/c1-3-21(33)15-10-19(27)24(20(28)11-15)22-12-18(25(29)34)26(37-22)31-23-6-4-5-16(30-23)7-8-35-13-17-9-14(2)36-32-17/h4-6,9-12,21,33H,3,7-8,13H2,1-2H3,(H2,29,34)(H,30,31). The van der Waals surface area contributed by atoms with E-state index in [9.17, 15) is 18.7 Å². The van der Waals surface area contributed by atoms with Crippen LogP contribution in [-0.4, -0.2) is 27.8 Å². The molecule has 3 aromatic heterocycles. The van der Waals surface area contributed by atoms with Crippen molar-refractivity contribution in [1.29, 1.82) is 0 Å². The molecule has 1 unspecified atom stereocenters. The topological polar surface area (TPSA) is 124 Å². The SMILES string of the molecule is CCC(O)c1cc(F)c(-c2cc(C(N)=O)c(Nc3cccc(CCOCc4cc(C)on4)n3)s2)c(F)c1. The minimum absolute atomic E-state index is 0.0786. The van der Waals surface area contributed by atoms with E-state index in [1.807, 2.05) is 6.07 Å². The van der Waals surface area contributed by atoms with Crippen molar-refractivity contribution in [3.8, 4) is 10.4 Å². The van der Waals surface area contributed by atoms with E-state index in [-0.39, 0.29) is 21.6 Å². The van der Waals surface area contributed by atoms with E-state index in [4.69, 9.17) is 15.0 Å². The van der Waals surface area contributed by atoms with Gasteiger partial charge in [-0.3, -0.25) is 4.79 Å². The molecular weight excluding hydrogens is 502 g/mol. The number of carbonyl (C=O) groups is 1. The number of aliphatic hydroxyl groups excluding tert-OH is 1. The molecule has 37 heavy (non-hydrogen) atoms. The maximum Gasteiger partial charge on any atom is 0.251 e. The van der Waals surface area contributed by atoms with E-state index in [2.05, 4.69) is 15.5 Å². The van der Waals surface area contributed by atoms with Gasteiger partial charge in [0, 0.05) is 23.1 Å². The van der Waals surface area contributed by atoms with Gasteiger partial charge in [0.25, 0.3) is 5.91 Å². The van der Waals surface area contributed by atoms with Gasteiger partial charge >= 0.3 is 0 Å². The molecule has 0 aliphatic carbocycles. The lowest BCUT2D eigenvalue weighted by atomic mass is 10.0. The number of carbonyl (C=O) groups excluding carboxylic acids is 1. The van der Waals surface area contributed by atoms with Gasteiger partial charge in [0.05, 0.1) is 30.4 Å². The van der Waals surface area contributed by atoms with Gasteiger partial charge in [-0.2, -0.15) is 0 Å². The number of halogens is 2. The molecule has 11 heteroatoms. The minimum atomic E-state index is -0.977. The van der Waals surface area contributed by atoms with Gasteiger partial charge < -0.3 is 25.4 Å². The van der Waals surface area contributed by atoms with E-state index in [1.165, 1.54) is 6.07 Å². The molecule has 0 fully saturated rings. The normalized spacial score (nSPS) is 12.0. The number of rotatable bonds is 11. The summed E-state index contributed by atoms with van der Waals surface area (Å²) in [5, 5.41) is 17.2. The number of benzene rings is 1. The number of aryl methyl sites for hydroxylation is 1. The summed E-state index contributed by atoms with van der Waals surface area (Å²) in [6, 6.07) is 10.7. The average Bonchev–Trinajstić information content (AvgIpc) is 3.47. The number of ether oxygens (including phenoxy) is 1. The van der Waals surface area contributed by atoms with Gasteiger partial charge in [-0.15, -0.1) is 11.3 Å². The molecular formula is C26H26F2N4O4S. The lowest BCUT2D eigenvalue weighted by molar-refractivity contribution is 0.100. The van der Waals surface area contributed by atoms with Crippen LogP contribution in [0.3, 0.4) is 0 Å². The molecule has 1 aromatic carbocycles. The summed E-state index contributed by atoms with van der Waals surface area (Å²) >= 11 is 0.976. The second kappa shape index (κ2) is 11.6. The number of aliphatic hydroxyl groups is 1. The van der Waals surface area contributed by atoms with Crippen LogP contribution in [-0.2, 0) is 17.8 Å². The van der Waals surface area contributed by atoms with Crippen molar-refractivity contribution < 1.29 is 27.9 Å². The first-order valence-corrected chi connectivity index (χ1v) is 12.4. The van der Waals surface area contributed by atoms with E-state index in [0.717, 1.165) is 29.2 Å². The van der Waals surface area contributed by atoms with Crippen molar-refractivity contribution in [2.45, 2.75) is 39.4 Å². The smallest absolute Gasteiger partial charge is 0.251 e. The van der Waals surface area contributed by atoms with E-state index in [0.29, 0.717) is 48.3 Å². The van der Waals surface area contributed by atoms with Gasteiger partial charge in [-0.05, 0) is 49.2 Å². The summed E-state index contributed by atoms with van der Waals surface area (Å²) < 4.78 is 40.3. The molecule has 4 rings (SSSR count). The molecule has 0 bridgehead atoms. The third-order valence-corrected chi connectivity index (χ3v) is 6.63. The second-order valence-corrected chi connectivity index (χ2v) is 9.42. The molecule has 3 heterocycles. The van der Waals surface area contributed by atoms with Crippen molar-refractivity contribution in [1.82, 2.24) is 10.1 Å². The summed E-state index contributed by atoms with van der Waals surface area (Å²) in [6.45, 7) is 4.24. The molecule has 0 saturated heterocycles. The third-order valence-electron chi connectivity index (χ3n) is 5.56. The Balaban J connectivity index is 1.50. The molecule has 1 amide bonds. The predicted molar refractivity (Wildman–Crippen MR) is 136 cm³/mol. The molecule has 194 valence electrons. The number of hydrogen-bond donors (Lipinski definition) is 3. The summed E-state index contributed by atoms with van der Waals surface area (Å²) in [5.74, 6) is -1.29. The van der Waals surface area contributed by atoms with Crippen LogP contribution < -0.4 is 11.1 Å². The first-order chi connectivity index (χ1) is 17.7. The summed E-state index contributed by atoms with van der Waals surface area (Å²) in [7, 11) is 0. The molecule has 4 aromatic rings. The van der Waals surface area contributed by atoms with Crippen molar-refractivity contribution >= 4 is 28.1 Å². The first kappa shape index (κ1) is 26.4. The highest BCUT2D eigenvalue weighted by atomic mass is 32.1. The number of hydrogen-bond acceptors (Lipinski definition) is 8. The van der Waals surface area contributed by atoms with Crippen LogP contribution in [0.4, 0.5) is 19.6 Å². The number of nitrogens with two attached hydrogens (primary N) is 1. The minimum Gasteiger partial charge on any atom is -0.388 e. The van der Waals surface area contributed by atoms with Gasteiger partial charge in [0.15, 0.2) is 0 Å². The van der Waals surface area contributed by atoms with Gasteiger partial charge in [-0.1, -0.05) is 18.1 Å². The van der Waals surface area contributed by atoms with Crippen LogP contribution >= 0.6 is 11.3 Å². The number of anilines is 2. The van der Waals surface area contributed by atoms with Gasteiger partial charge in [0.1, 0.15) is 33.9 Å². The molecule has 0 aliphatic heterocycles. The highest BCUT2D eigenvalue weighted by molar-refractivity contribution is 7.20. The fraction of sp³-hybridized carbons (Fsp3) is 0.269. The Bertz CT molecular complexity index is 1380. The maximum atomic E-state index is 14.9. The number of aromatic nitrogens is 2. The van der Waals surface area contributed by atoms with Crippen molar-refractivity contribution in [2.24, 2.45) is 5.73 Å². The zero-order chi connectivity index (χ0) is 26.5. The van der Waals surface area contributed by atoms with Crippen molar-refractivity contribution in [3.63, 3.8) is 0 Å². The zero-order valence-corrected chi connectivity index (χ0v) is 21.1. The third kappa shape index (κ3) is 6.37. The van der Waals surface area contributed by atoms with Crippen molar-refractivity contribution in [3.05, 3.63) is 82.4 Å². The van der Waals surface area contributed by atoms with Crippen LogP contribution in [0.5, 0.6) is 0 Å². The number of nitrogens with zero attached hydrogens (tertiary/aromatic N) is 2. The highest BCUT2D eigenvalue weighted by Gasteiger charge is 2.22. The number of primary amides is 1. The Morgan fingerprint density at radius 3 is 2.62 bits per heavy atom. The number of thiophene rings is 1. The molecule has 0 saturated carbocycles. The van der Waals surface area contributed by atoms with Gasteiger partial charge in [0.2, 0.25) is 0 Å². The Morgan fingerprint density at radius 2 is 1.97 bits per heavy atom. The van der Waals surface area contributed by atoms with Crippen LogP contribution in [0.15, 0.2) is 47.0 Å². The van der Waals surface area contributed by atoms with Crippen LogP contribution in [0.25, 0.3) is 10.4 Å². The van der Waals surface area contributed by atoms with E-state index < -0.39 is 23.6 Å². The van der Waals surface area contributed by atoms with E-state index >= 15 is 0 Å². The van der Waals surface area contributed by atoms with Crippen LogP contribution in [0.2, 0.25) is 0 Å². The largest absolute Gasteiger partial charge is 0.388 e. The fourth-order valence-corrected chi connectivity index (χ4v) is 4.81. The maximum absolute atomic E-state index is 14.9. The number of nitrogens with one attached hydrogen (secondary N) is 1. The average molecular weight is 529 g/mol. The molecule has 0 spiro atoms. The summed E-state index contributed by atoms with van der Waals surface area (Å²) in [5.41, 5.74) is 6.91. The lowest BCUT2D eigenvalue weighted by Gasteiger charge is -2.11. The number of amides is 1. The number of pyridine rings is 1. The first-order valence-electron chi connectivity index (χ1n) is 11.6. The Kier molecular flexibility index (Phi) is 8.27.